The zero-order chi connectivity index (χ0) is 9.14. The van der Waals surface area contributed by atoms with Crippen LogP contribution in [0.25, 0.3) is 0 Å². The van der Waals surface area contributed by atoms with Crippen LogP contribution < -0.4 is 10.5 Å². The summed E-state index contributed by atoms with van der Waals surface area (Å²) in [5.74, 6) is 0.782. The smallest absolute Gasteiger partial charge is 0.142 e. The maximum atomic E-state index is 5.71. The molecule has 2 nitrogen and oxygen atoms in total. The van der Waals surface area contributed by atoms with Crippen molar-refractivity contribution < 1.29 is 4.74 Å². The molecule has 12 heavy (non-hydrogen) atoms. The fraction of sp³-hybridized carbons (Fsp3) is 0.400. The Hall–Kier alpha value is -1.18. The summed E-state index contributed by atoms with van der Waals surface area (Å²) >= 11 is 0. The second-order valence-electron chi connectivity index (χ2n) is 3.21. The molecule has 0 aromatic heterocycles. The molecule has 0 heterocycles. The molecule has 0 atom stereocenters. The maximum Gasteiger partial charge on any atom is 0.142 e. The predicted molar refractivity (Wildman–Crippen MR) is 51.4 cm³/mol. The predicted octanol–water partition coefficient (Wildman–Crippen LogP) is 2.36. The molecule has 0 fully saturated rings. The van der Waals surface area contributed by atoms with Crippen molar-refractivity contribution in [3.63, 3.8) is 0 Å². The van der Waals surface area contributed by atoms with Crippen molar-refractivity contribution >= 4 is 5.69 Å². The van der Waals surface area contributed by atoms with Gasteiger partial charge in [-0.1, -0.05) is 6.07 Å². The van der Waals surface area contributed by atoms with Crippen molar-refractivity contribution in [1.29, 1.82) is 0 Å². The van der Waals surface area contributed by atoms with Gasteiger partial charge in [0.1, 0.15) is 5.75 Å². The van der Waals surface area contributed by atoms with Gasteiger partial charge in [-0.05, 0) is 38.5 Å². The van der Waals surface area contributed by atoms with E-state index >= 15 is 0 Å². The second kappa shape index (κ2) is 3.48. The standard InChI is InChI=1S/C10H15NO/c1-7(2)12-10-6-8(3)4-5-9(10)11/h4-7H,11H2,1-3H3. The molecule has 0 aliphatic heterocycles. The van der Waals surface area contributed by atoms with Gasteiger partial charge in [-0.25, -0.2) is 0 Å². The van der Waals surface area contributed by atoms with E-state index < -0.39 is 0 Å². The first-order valence-electron chi connectivity index (χ1n) is 4.12. The van der Waals surface area contributed by atoms with Crippen molar-refractivity contribution in [1.82, 2.24) is 0 Å². The monoisotopic (exact) mass is 165 g/mol. The molecule has 2 heteroatoms. The molecule has 0 aliphatic rings. The number of hydrogen-bond acceptors (Lipinski definition) is 2. The van der Waals surface area contributed by atoms with E-state index in [1.165, 1.54) is 5.56 Å². The highest BCUT2D eigenvalue weighted by atomic mass is 16.5. The summed E-state index contributed by atoms with van der Waals surface area (Å²) in [4.78, 5) is 0. The van der Waals surface area contributed by atoms with Gasteiger partial charge in [0.05, 0.1) is 11.8 Å². The topological polar surface area (TPSA) is 35.2 Å². The van der Waals surface area contributed by atoms with Crippen molar-refractivity contribution in [3.05, 3.63) is 23.8 Å². The van der Waals surface area contributed by atoms with Crippen LogP contribution in [0, 0.1) is 6.92 Å². The van der Waals surface area contributed by atoms with E-state index in [2.05, 4.69) is 0 Å². The number of nitrogens with two attached hydrogens (primary N) is 1. The van der Waals surface area contributed by atoms with E-state index in [4.69, 9.17) is 10.5 Å². The lowest BCUT2D eigenvalue weighted by Crippen LogP contribution is -2.07. The molecule has 1 rings (SSSR count). The summed E-state index contributed by atoms with van der Waals surface area (Å²) in [6, 6.07) is 5.80. The van der Waals surface area contributed by atoms with E-state index in [1.54, 1.807) is 0 Å². The Balaban J connectivity index is 2.90. The molecule has 0 bridgehead atoms. The summed E-state index contributed by atoms with van der Waals surface area (Å²) in [7, 11) is 0. The van der Waals surface area contributed by atoms with Crippen LogP contribution in [0.2, 0.25) is 0 Å². The highest BCUT2D eigenvalue weighted by Gasteiger charge is 2.01. The molecule has 1 aromatic carbocycles. The molecule has 0 saturated carbocycles. The third kappa shape index (κ3) is 2.16. The quantitative estimate of drug-likeness (QED) is 0.683. The number of hydrogen-bond donors (Lipinski definition) is 1. The van der Waals surface area contributed by atoms with Crippen LogP contribution in [-0.2, 0) is 0 Å². The largest absolute Gasteiger partial charge is 0.489 e. The summed E-state index contributed by atoms with van der Waals surface area (Å²) < 4.78 is 5.50. The van der Waals surface area contributed by atoms with Crippen LogP contribution in [0.3, 0.4) is 0 Å². The first-order valence-corrected chi connectivity index (χ1v) is 4.12. The molecule has 0 radical (unpaired) electrons. The van der Waals surface area contributed by atoms with E-state index in [9.17, 15) is 0 Å². The molecule has 0 saturated heterocycles. The minimum atomic E-state index is 0.175. The number of ether oxygens (including phenoxy) is 1. The lowest BCUT2D eigenvalue weighted by molar-refractivity contribution is 0.243. The van der Waals surface area contributed by atoms with Gasteiger partial charge in [0.15, 0.2) is 0 Å². The number of benzene rings is 1. The van der Waals surface area contributed by atoms with Gasteiger partial charge in [0.25, 0.3) is 0 Å². The first-order chi connectivity index (χ1) is 5.59. The fourth-order valence-electron chi connectivity index (χ4n) is 0.998. The van der Waals surface area contributed by atoms with Gasteiger partial charge in [0, 0.05) is 0 Å². The SMILES string of the molecule is Cc1ccc(N)c(OC(C)C)c1. The average molecular weight is 165 g/mol. The van der Waals surface area contributed by atoms with Crippen LogP contribution in [0.1, 0.15) is 19.4 Å². The van der Waals surface area contributed by atoms with Gasteiger partial charge in [-0.15, -0.1) is 0 Å². The number of aryl methyl sites for hydroxylation is 1. The second-order valence-corrected chi connectivity index (χ2v) is 3.21. The number of anilines is 1. The zero-order valence-corrected chi connectivity index (χ0v) is 7.79. The lowest BCUT2D eigenvalue weighted by Gasteiger charge is -2.12. The van der Waals surface area contributed by atoms with E-state index in [-0.39, 0.29) is 6.10 Å². The van der Waals surface area contributed by atoms with Gasteiger partial charge >= 0.3 is 0 Å². The van der Waals surface area contributed by atoms with Crippen LogP contribution in [-0.4, -0.2) is 6.10 Å². The van der Waals surface area contributed by atoms with Crippen molar-refractivity contribution in [2.75, 3.05) is 5.73 Å². The first kappa shape index (κ1) is 8.91. The Labute approximate surface area is 73.3 Å². The molecular formula is C10H15NO. The molecular weight excluding hydrogens is 150 g/mol. The average Bonchev–Trinajstić information content (AvgIpc) is 1.96. The number of nitrogen functional groups attached to an aromatic ring is 1. The van der Waals surface area contributed by atoms with E-state index in [1.807, 2.05) is 39.0 Å². The highest BCUT2D eigenvalue weighted by Crippen LogP contribution is 2.23. The lowest BCUT2D eigenvalue weighted by atomic mass is 10.2. The Bertz CT molecular complexity index is 269. The van der Waals surface area contributed by atoms with Gasteiger partial charge in [0.2, 0.25) is 0 Å². The Morgan fingerprint density at radius 3 is 2.58 bits per heavy atom. The van der Waals surface area contributed by atoms with Gasteiger partial charge < -0.3 is 10.5 Å². The van der Waals surface area contributed by atoms with Gasteiger partial charge in [-0.3, -0.25) is 0 Å². The molecule has 0 aliphatic carbocycles. The van der Waals surface area contributed by atoms with E-state index in [0.29, 0.717) is 5.69 Å². The molecule has 0 amide bonds. The van der Waals surface area contributed by atoms with Crippen LogP contribution >= 0.6 is 0 Å². The van der Waals surface area contributed by atoms with Crippen LogP contribution in [0.5, 0.6) is 5.75 Å². The third-order valence-electron chi connectivity index (χ3n) is 1.53. The van der Waals surface area contributed by atoms with Crippen molar-refractivity contribution in [2.24, 2.45) is 0 Å². The maximum absolute atomic E-state index is 5.71. The normalized spacial score (nSPS) is 10.3. The van der Waals surface area contributed by atoms with Gasteiger partial charge in [-0.2, -0.15) is 0 Å². The Morgan fingerprint density at radius 1 is 1.33 bits per heavy atom. The molecule has 0 unspecified atom stereocenters. The summed E-state index contributed by atoms with van der Waals surface area (Å²) in [5.41, 5.74) is 7.58. The van der Waals surface area contributed by atoms with Crippen molar-refractivity contribution in [2.45, 2.75) is 26.9 Å². The number of rotatable bonds is 2. The summed E-state index contributed by atoms with van der Waals surface area (Å²) in [5, 5.41) is 0. The van der Waals surface area contributed by atoms with Crippen LogP contribution in [0.15, 0.2) is 18.2 Å². The minimum Gasteiger partial charge on any atom is -0.489 e. The fourth-order valence-corrected chi connectivity index (χ4v) is 0.998. The van der Waals surface area contributed by atoms with E-state index in [0.717, 1.165) is 5.75 Å². The van der Waals surface area contributed by atoms with Crippen molar-refractivity contribution in [3.8, 4) is 5.75 Å². The molecule has 2 N–H and O–H groups in total. The Kier molecular flexibility index (Phi) is 2.58. The molecule has 66 valence electrons. The molecule has 0 spiro atoms. The third-order valence-corrected chi connectivity index (χ3v) is 1.53. The summed E-state index contributed by atoms with van der Waals surface area (Å²) in [6.45, 7) is 6.00. The summed E-state index contributed by atoms with van der Waals surface area (Å²) in [6.07, 6.45) is 0.175. The minimum absolute atomic E-state index is 0.175. The highest BCUT2D eigenvalue weighted by molar-refractivity contribution is 5.53. The van der Waals surface area contributed by atoms with Crippen LogP contribution in [0.4, 0.5) is 5.69 Å². The zero-order valence-electron chi connectivity index (χ0n) is 7.79. The Morgan fingerprint density at radius 2 is 2.00 bits per heavy atom. The molecule has 1 aromatic rings.